The van der Waals surface area contributed by atoms with Crippen molar-refractivity contribution in [2.75, 3.05) is 0 Å². The van der Waals surface area contributed by atoms with E-state index in [1.807, 2.05) is 0 Å². The molecular formula is C16H8O6. The molecule has 0 spiro atoms. The largest absolute Gasteiger partial charge is 0.515 e. The van der Waals surface area contributed by atoms with Crippen molar-refractivity contribution in [1.82, 2.24) is 0 Å². The molecule has 108 valence electrons. The number of hydrogen-bond donors (Lipinski definition) is 2. The van der Waals surface area contributed by atoms with Crippen molar-refractivity contribution in [3.8, 4) is 0 Å². The van der Waals surface area contributed by atoms with E-state index in [9.17, 15) is 29.4 Å². The van der Waals surface area contributed by atoms with Crippen LogP contribution in [0.2, 0.25) is 0 Å². The van der Waals surface area contributed by atoms with E-state index in [2.05, 4.69) is 0 Å². The molecule has 0 aromatic rings. The predicted octanol–water partition coefficient (Wildman–Crippen LogP) is -1.96. The number of hydrogen-bond acceptors (Lipinski definition) is 6. The highest BCUT2D eigenvalue weighted by atomic mass is 16.2. The Labute approximate surface area is 120 Å². The number of rotatable bonds is 0. The quantitative estimate of drug-likeness (QED) is 0.499. The number of aliphatic hydroxyl groups is 2. The molecule has 0 amide bonds. The molecule has 0 saturated heterocycles. The molecule has 6 nitrogen and oxygen atoms in total. The lowest BCUT2D eigenvalue weighted by molar-refractivity contribution is 0.538. The van der Waals surface area contributed by atoms with Crippen LogP contribution in [0.3, 0.4) is 0 Å². The zero-order chi connectivity index (χ0) is 16.0. The van der Waals surface area contributed by atoms with Crippen molar-refractivity contribution in [2.24, 2.45) is 0 Å². The first-order valence-corrected chi connectivity index (χ1v) is 6.23. The third kappa shape index (κ3) is 1.61. The molecule has 0 heterocycles. The average Bonchev–Trinajstić information content (AvgIpc) is 2.51. The summed E-state index contributed by atoms with van der Waals surface area (Å²) in [6.45, 7) is 0. The minimum atomic E-state index is -0.661. The molecular weight excluding hydrogens is 288 g/mol. The van der Waals surface area contributed by atoms with Crippen LogP contribution in [0.15, 0.2) is 43.4 Å². The van der Waals surface area contributed by atoms with Gasteiger partial charge in [-0.05, 0) is 24.3 Å². The minimum absolute atomic E-state index is 0.0916. The van der Waals surface area contributed by atoms with E-state index in [1.165, 1.54) is 12.1 Å². The second kappa shape index (κ2) is 4.63. The second-order valence-corrected chi connectivity index (χ2v) is 4.72. The van der Waals surface area contributed by atoms with Gasteiger partial charge in [0.05, 0.1) is 23.0 Å². The third-order valence-corrected chi connectivity index (χ3v) is 3.61. The maximum atomic E-state index is 12.5. The lowest BCUT2D eigenvalue weighted by Crippen LogP contribution is -2.37. The van der Waals surface area contributed by atoms with Crippen LogP contribution in [0.4, 0.5) is 0 Å². The van der Waals surface area contributed by atoms with Gasteiger partial charge < -0.3 is 10.2 Å². The van der Waals surface area contributed by atoms with Gasteiger partial charge >= 0.3 is 0 Å². The lowest BCUT2D eigenvalue weighted by Gasteiger charge is -1.96. The van der Waals surface area contributed by atoms with Gasteiger partial charge in [-0.1, -0.05) is 0 Å². The zero-order valence-electron chi connectivity index (χ0n) is 11.0. The Kier molecular flexibility index (Phi) is 2.88. The molecule has 0 aromatic heterocycles. The van der Waals surface area contributed by atoms with Crippen LogP contribution in [0.1, 0.15) is 0 Å². The fourth-order valence-corrected chi connectivity index (χ4v) is 2.59. The zero-order valence-corrected chi connectivity index (χ0v) is 11.0. The summed E-state index contributed by atoms with van der Waals surface area (Å²) >= 11 is 0. The van der Waals surface area contributed by atoms with Crippen molar-refractivity contribution in [3.05, 3.63) is 96.5 Å². The van der Waals surface area contributed by atoms with Gasteiger partial charge in [0.1, 0.15) is 0 Å². The van der Waals surface area contributed by atoms with Crippen molar-refractivity contribution < 1.29 is 10.2 Å². The van der Waals surface area contributed by atoms with Crippen LogP contribution in [-0.2, 0) is 0 Å². The summed E-state index contributed by atoms with van der Waals surface area (Å²) in [6.07, 6.45) is 0.969. The topological polar surface area (TPSA) is 109 Å². The highest BCUT2D eigenvalue weighted by Crippen LogP contribution is 1.87. The highest BCUT2D eigenvalue weighted by molar-refractivity contribution is 5.29. The maximum absolute atomic E-state index is 12.5. The molecule has 3 aliphatic carbocycles. The van der Waals surface area contributed by atoms with Gasteiger partial charge in [-0.25, -0.2) is 0 Å². The van der Waals surface area contributed by atoms with Crippen LogP contribution in [0.25, 0.3) is 12.5 Å². The summed E-state index contributed by atoms with van der Waals surface area (Å²) in [4.78, 5) is 48.5. The average molecular weight is 296 g/mol. The van der Waals surface area contributed by atoms with Crippen molar-refractivity contribution in [3.63, 3.8) is 0 Å². The minimum Gasteiger partial charge on any atom is -0.515 e. The van der Waals surface area contributed by atoms with Crippen molar-refractivity contribution in [2.45, 2.75) is 0 Å². The summed E-state index contributed by atoms with van der Waals surface area (Å²) in [6, 6.07) is 4.46. The molecule has 3 rings (SSSR count). The predicted molar refractivity (Wildman–Crippen MR) is 77.9 cm³/mol. The fraction of sp³-hybridized carbons (Fsp3) is 0. The first kappa shape index (κ1) is 13.7. The molecule has 0 atom stereocenters. The van der Waals surface area contributed by atoms with Gasteiger partial charge in [-0.3, -0.25) is 19.2 Å². The van der Waals surface area contributed by atoms with Crippen LogP contribution < -0.4 is 32.2 Å². The Bertz CT molecular complexity index is 1250. The van der Waals surface area contributed by atoms with Crippen LogP contribution in [0.5, 0.6) is 0 Å². The first-order chi connectivity index (χ1) is 10.5. The van der Waals surface area contributed by atoms with Gasteiger partial charge in [0.15, 0.2) is 21.7 Å². The Hall–Kier alpha value is -3.28. The summed E-state index contributed by atoms with van der Waals surface area (Å²) in [7, 11) is 0. The lowest BCUT2D eigenvalue weighted by atomic mass is 10.0. The molecule has 22 heavy (non-hydrogen) atoms. The molecule has 3 aliphatic rings. The Morgan fingerprint density at radius 2 is 1.00 bits per heavy atom. The molecule has 0 unspecified atom stereocenters. The van der Waals surface area contributed by atoms with E-state index in [1.54, 1.807) is 0 Å². The molecule has 6 heteroatoms. The number of aliphatic hydroxyl groups excluding tert-OH is 2. The summed E-state index contributed by atoms with van der Waals surface area (Å²) in [5.74, 6) is 0. The molecule has 0 fully saturated rings. The van der Waals surface area contributed by atoms with Crippen molar-refractivity contribution >= 4 is 12.5 Å². The van der Waals surface area contributed by atoms with E-state index in [0.29, 0.717) is 12.5 Å². The summed E-state index contributed by atoms with van der Waals surface area (Å²) < 4.78 is 0. The summed E-state index contributed by atoms with van der Waals surface area (Å²) in [5.41, 5.74) is -2.52. The fourth-order valence-electron chi connectivity index (χ4n) is 2.59. The van der Waals surface area contributed by atoms with E-state index in [4.69, 9.17) is 0 Å². The molecule has 0 aliphatic heterocycles. The van der Waals surface area contributed by atoms with Crippen LogP contribution in [0, 0.1) is 20.9 Å². The second-order valence-electron chi connectivity index (χ2n) is 4.72. The standard InChI is InChI=1S/C16H8O6/c17-5-9-11(19)3-1-7-13(9)16(22)8-2-4-12(20)10(6-18)14(8)15(7)21/h1-6,17-18H. The van der Waals surface area contributed by atoms with Crippen LogP contribution >= 0.6 is 0 Å². The third-order valence-electron chi connectivity index (χ3n) is 3.61. The highest BCUT2D eigenvalue weighted by Gasteiger charge is 2.10. The Balaban J connectivity index is 3.03. The molecule has 0 saturated carbocycles. The van der Waals surface area contributed by atoms with Gasteiger partial charge in [0, 0.05) is 20.9 Å². The van der Waals surface area contributed by atoms with E-state index in [-0.39, 0.29) is 31.3 Å². The smallest absolute Gasteiger partial charge is 0.195 e. The van der Waals surface area contributed by atoms with Gasteiger partial charge in [-0.2, -0.15) is 0 Å². The van der Waals surface area contributed by atoms with E-state index < -0.39 is 21.7 Å². The van der Waals surface area contributed by atoms with Crippen LogP contribution in [-0.4, -0.2) is 10.2 Å². The first-order valence-electron chi connectivity index (χ1n) is 6.23. The van der Waals surface area contributed by atoms with E-state index >= 15 is 0 Å². The van der Waals surface area contributed by atoms with Gasteiger partial charge in [0.25, 0.3) is 0 Å². The molecule has 2 N–H and O–H groups in total. The maximum Gasteiger partial charge on any atom is 0.195 e. The van der Waals surface area contributed by atoms with Gasteiger partial charge in [0.2, 0.25) is 0 Å². The van der Waals surface area contributed by atoms with Gasteiger partial charge in [-0.15, -0.1) is 0 Å². The van der Waals surface area contributed by atoms with Crippen molar-refractivity contribution in [1.29, 1.82) is 0 Å². The SMILES string of the molecule is O=c1ccc2c(=O)c3c(=CO)c(=O)ccc=3c(=O)c=2c1=CO. The Morgan fingerprint density at radius 3 is 1.32 bits per heavy atom. The molecule has 0 aromatic carbocycles. The Morgan fingerprint density at radius 1 is 0.636 bits per heavy atom. The normalized spacial score (nSPS) is 13.3. The molecule has 0 bridgehead atoms. The van der Waals surface area contributed by atoms with E-state index in [0.717, 1.165) is 12.1 Å². The monoisotopic (exact) mass is 296 g/mol. The molecule has 0 radical (unpaired) electrons. The summed E-state index contributed by atoms with van der Waals surface area (Å²) in [5, 5.41) is 17.2.